The van der Waals surface area contributed by atoms with Crippen LogP contribution in [0.3, 0.4) is 0 Å². The third-order valence-corrected chi connectivity index (χ3v) is 3.10. The molecule has 88 valence electrons. The normalized spacial score (nSPS) is 25.3. The van der Waals surface area contributed by atoms with Crippen LogP contribution in [0, 0.1) is 5.92 Å². The predicted molar refractivity (Wildman–Crippen MR) is 60.8 cm³/mol. The Kier molecular flexibility index (Phi) is 5.26. The molecule has 1 saturated carbocycles. The van der Waals surface area contributed by atoms with Crippen LogP contribution >= 0.6 is 0 Å². The Labute approximate surface area is 92.5 Å². The van der Waals surface area contributed by atoms with Crippen molar-refractivity contribution in [2.45, 2.75) is 45.1 Å². The maximum Gasteiger partial charge on any atom is 0.129 e. The highest BCUT2D eigenvalue weighted by molar-refractivity contribution is 5.75. The molecule has 15 heavy (non-hydrogen) atoms. The van der Waals surface area contributed by atoms with Crippen LogP contribution in [0.1, 0.15) is 39.0 Å². The van der Waals surface area contributed by atoms with Gasteiger partial charge in [0.1, 0.15) is 5.78 Å². The van der Waals surface area contributed by atoms with Gasteiger partial charge in [-0.2, -0.15) is 0 Å². The summed E-state index contributed by atoms with van der Waals surface area (Å²) in [6, 6.07) is 0. The number of rotatable bonds is 7. The summed E-state index contributed by atoms with van der Waals surface area (Å²) >= 11 is 0. The van der Waals surface area contributed by atoms with Gasteiger partial charge in [0.05, 0.1) is 6.10 Å². The highest BCUT2D eigenvalue weighted by Crippen LogP contribution is 2.27. The van der Waals surface area contributed by atoms with Crippen molar-refractivity contribution in [2.75, 3.05) is 20.1 Å². The number of Topliss-reactive ketones (excluding diaryl/α,β-unsaturated/α-hetero) is 1. The number of hydrogen-bond acceptors (Lipinski definition) is 3. The maximum absolute atomic E-state index is 10.7. The van der Waals surface area contributed by atoms with Gasteiger partial charge in [0, 0.05) is 13.0 Å². The minimum atomic E-state index is -0.0406. The first-order chi connectivity index (χ1) is 7.08. The van der Waals surface area contributed by atoms with Crippen molar-refractivity contribution in [1.82, 2.24) is 4.90 Å². The second-order valence-corrected chi connectivity index (χ2v) is 4.91. The SMILES string of the molecule is CC(=O)CCCCN(C)CC1CC(O)C1. The van der Waals surface area contributed by atoms with E-state index in [0.29, 0.717) is 11.7 Å². The summed E-state index contributed by atoms with van der Waals surface area (Å²) in [4.78, 5) is 13.0. The zero-order chi connectivity index (χ0) is 11.3. The number of unbranched alkanes of at least 4 members (excludes halogenated alkanes) is 1. The molecule has 0 aromatic carbocycles. The van der Waals surface area contributed by atoms with Crippen molar-refractivity contribution in [2.24, 2.45) is 5.92 Å². The number of carbonyl (C=O) groups excluding carboxylic acids is 1. The monoisotopic (exact) mass is 213 g/mol. The first-order valence-corrected chi connectivity index (χ1v) is 5.94. The highest BCUT2D eigenvalue weighted by Gasteiger charge is 2.27. The topological polar surface area (TPSA) is 40.5 Å². The van der Waals surface area contributed by atoms with Crippen LogP contribution in [-0.4, -0.2) is 42.0 Å². The second-order valence-electron chi connectivity index (χ2n) is 4.91. The van der Waals surface area contributed by atoms with Gasteiger partial charge in [-0.05, 0) is 52.1 Å². The second kappa shape index (κ2) is 6.23. The average molecular weight is 213 g/mol. The molecule has 0 aromatic heterocycles. The molecule has 1 N–H and O–H groups in total. The molecule has 1 fully saturated rings. The van der Waals surface area contributed by atoms with Gasteiger partial charge in [0.2, 0.25) is 0 Å². The summed E-state index contributed by atoms with van der Waals surface area (Å²) < 4.78 is 0. The van der Waals surface area contributed by atoms with E-state index in [2.05, 4.69) is 11.9 Å². The van der Waals surface area contributed by atoms with Crippen molar-refractivity contribution in [1.29, 1.82) is 0 Å². The molecule has 0 bridgehead atoms. The lowest BCUT2D eigenvalue weighted by Gasteiger charge is -2.34. The molecule has 0 aliphatic heterocycles. The molecule has 0 atom stereocenters. The van der Waals surface area contributed by atoms with Crippen molar-refractivity contribution < 1.29 is 9.90 Å². The van der Waals surface area contributed by atoms with E-state index in [4.69, 9.17) is 5.11 Å². The van der Waals surface area contributed by atoms with E-state index >= 15 is 0 Å². The first-order valence-electron chi connectivity index (χ1n) is 5.94. The molecule has 1 aliphatic carbocycles. The van der Waals surface area contributed by atoms with Gasteiger partial charge in [-0.25, -0.2) is 0 Å². The van der Waals surface area contributed by atoms with Gasteiger partial charge < -0.3 is 14.8 Å². The zero-order valence-electron chi connectivity index (χ0n) is 9.91. The molecule has 0 spiro atoms. The van der Waals surface area contributed by atoms with Gasteiger partial charge in [-0.15, -0.1) is 0 Å². The van der Waals surface area contributed by atoms with Crippen molar-refractivity contribution in [3.8, 4) is 0 Å². The first kappa shape index (κ1) is 12.7. The summed E-state index contributed by atoms with van der Waals surface area (Å²) in [5.74, 6) is 0.984. The van der Waals surface area contributed by atoms with Gasteiger partial charge in [0.15, 0.2) is 0 Å². The standard InChI is InChI=1S/C12H23NO2/c1-10(14)5-3-4-6-13(2)9-11-7-12(15)8-11/h11-12,15H,3-9H2,1-2H3. The Bertz CT molecular complexity index is 200. The van der Waals surface area contributed by atoms with Gasteiger partial charge in [-0.1, -0.05) is 0 Å². The number of hydrogen-bond donors (Lipinski definition) is 1. The third-order valence-electron chi connectivity index (χ3n) is 3.10. The minimum Gasteiger partial charge on any atom is -0.393 e. The lowest BCUT2D eigenvalue weighted by atomic mass is 9.82. The van der Waals surface area contributed by atoms with Crippen LogP contribution < -0.4 is 0 Å². The number of nitrogens with zero attached hydrogens (tertiary/aromatic N) is 1. The lowest BCUT2D eigenvalue weighted by molar-refractivity contribution is -0.117. The molecule has 0 unspecified atom stereocenters. The Hall–Kier alpha value is -0.410. The smallest absolute Gasteiger partial charge is 0.129 e. The van der Waals surface area contributed by atoms with Gasteiger partial charge in [0.25, 0.3) is 0 Å². The molecule has 1 rings (SSSR count). The minimum absolute atomic E-state index is 0.0406. The van der Waals surface area contributed by atoms with Gasteiger partial charge >= 0.3 is 0 Å². The molecular formula is C12H23NO2. The van der Waals surface area contributed by atoms with Crippen LogP contribution in [-0.2, 0) is 4.79 Å². The fourth-order valence-corrected chi connectivity index (χ4v) is 2.14. The van der Waals surface area contributed by atoms with E-state index in [9.17, 15) is 4.79 Å². The molecule has 3 heteroatoms. The number of aliphatic hydroxyl groups excluding tert-OH is 1. The highest BCUT2D eigenvalue weighted by atomic mass is 16.3. The quantitative estimate of drug-likeness (QED) is 0.651. The summed E-state index contributed by atoms with van der Waals surface area (Å²) in [7, 11) is 2.12. The fraction of sp³-hybridized carbons (Fsp3) is 0.917. The summed E-state index contributed by atoms with van der Waals surface area (Å²) in [6.45, 7) is 3.82. The number of aliphatic hydroxyl groups is 1. The predicted octanol–water partition coefficient (Wildman–Crippen LogP) is 1.45. The summed E-state index contributed by atoms with van der Waals surface area (Å²) in [5.41, 5.74) is 0. The average Bonchev–Trinajstić information content (AvgIpc) is 2.10. The third kappa shape index (κ3) is 5.28. The molecule has 3 nitrogen and oxygen atoms in total. The summed E-state index contributed by atoms with van der Waals surface area (Å²) in [6.07, 6.45) is 4.73. The molecule has 0 amide bonds. The lowest BCUT2D eigenvalue weighted by Crippen LogP contribution is -2.37. The number of carbonyl (C=O) groups is 1. The molecule has 0 saturated heterocycles. The molecule has 0 heterocycles. The maximum atomic E-state index is 10.7. The van der Waals surface area contributed by atoms with E-state index in [-0.39, 0.29) is 6.10 Å². The van der Waals surface area contributed by atoms with E-state index in [1.807, 2.05) is 0 Å². The van der Waals surface area contributed by atoms with Crippen LogP contribution in [0.4, 0.5) is 0 Å². The van der Waals surface area contributed by atoms with E-state index in [0.717, 1.165) is 45.2 Å². The van der Waals surface area contributed by atoms with Crippen LogP contribution in [0.25, 0.3) is 0 Å². The fourth-order valence-electron chi connectivity index (χ4n) is 2.14. The van der Waals surface area contributed by atoms with E-state index in [1.54, 1.807) is 6.92 Å². The Morgan fingerprint density at radius 2 is 2.07 bits per heavy atom. The Balaban J connectivity index is 1.94. The van der Waals surface area contributed by atoms with Gasteiger partial charge in [-0.3, -0.25) is 0 Å². The van der Waals surface area contributed by atoms with Crippen LogP contribution in [0.5, 0.6) is 0 Å². The number of ketones is 1. The largest absolute Gasteiger partial charge is 0.393 e. The molecule has 0 radical (unpaired) electrons. The molecule has 0 aromatic rings. The molecule has 1 aliphatic rings. The Morgan fingerprint density at radius 1 is 1.40 bits per heavy atom. The van der Waals surface area contributed by atoms with E-state index < -0.39 is 0 Å². The van der Waals surface area contributed by atoms with E-state index in [1.165, 1.54) is 0 Å². The molecular weight excluding hydrogens is 190 g/mol. The summed E-state index contributed by atoms with van der Waals surface area (Å²) in [5, 5.41) is 9.15. The van der Waals surface area contributed by atoms with Crippen LogP contribution in [0.2, 0.25) is 0 Å². The zero-order valence-corrected chi connectivity index (χ0v) is 9.91. The van der Waals surface area contributed by atoms with Crippen molar-refractivity contribution in [3.05, 3.63) is 0 Å². The van der Waals surface area contributed by atoms with Crippen molar-refractivity contribution >= 4 is 5.78 Å². The van der Waals surface area contributed by atoms with Crippen molar-refractivity contribution in [3.63, 3.8) is 0 Å². The van der Waals surface area contributed by atoms with Crippen LogP contribution in [0.15, 0.2) is 0 Å². The Morgan fingerprint density at radius 3 is 2.60 bits per heavy atom.